The van der Waals surface area contributed by atoms with Crippen LogP contribution in [-0.4, -0.2) is 51.0 Å². The Kier molecular flexibility index (Phi) is 5.02. The van der Waals surface area contributed by atoms with Gasteiger partial charge < -0.3 is 15.1 Å². The molecule has 0 aliphatic carbocycles. The Morgan fingerprint density at radius 1 is 1.07 bits per heavy atom. The Bertz CT molecular complexity index is 990. The maximum atomic E-state index is 12.8. The quantitative estimate of drug-likeness (QED) is 0.857. The van der Waals surface area contributed by atoms with Crippen LogP contribution >= 0.6 is 0 Å². The lowest BCUT2D eigenvalue weighted by Crippen LogP contribution is -2.34. The zero-order valence-corrected chi connectivity index (χ0v) is 16.8. The fraction of sp³-hybridized carbons (Fsp3) is 0.381. The molecule has 28 heavy (non-hydrogen) atoms. The molecule has 0 saturated carbocycles. The Morgan fingerprint density at radius 2 is 1.79 bits per heavy atom. The molecule has 2 amide bonds. The number of benzene rings is 2. The van der Waals surface area contributed by atoms with Crippen molar-refractivity contribution in [2.75, 3.05) is 41.9 Å². The highest BCUT2D eigenvalue weighted by atomic mass is 32.2. The standard InChI is InChI=1S/C21H25N3O3S/c1-28(26,27)15-16-10-12-23(14-16)21(25)22-18-7-3-5-9-20(18)24-13-11-17-6-2-4-8-19(17)24/h2-9,16H,10-15H2,1H3,(H,22,25). The lowest BCUT2D eigenvalue weighted by Gasteiger charge is -2.24. The number of nitrogens with zero attached hydrogens (tertiary/aromatic N) is 2. The van der Waals surface area contributed by atoms with E-state index in [-0.39, 0.29) is 17.7 Å². The Labute approximate surface area is 166 Å². The van der Waals surface area contributed by atoms with Gasteiger partial charge in [0.25, 0.3) is 0 Å². The molecule has 1 atom stereocenters. The lowest BCUT2D eigenvalue weighted by atomic mass is 10.2. The molecule has 1 N–H and O–H groups in total. The molecule has 0 aromatic heterocycles. The van der Waals surface area contributed by atoms with E-state index in [9.17, 15) is 13.2 Å². The SMILES string of the molecule is CS(=O)(=O)CC1CCN(C(=O)Nc2ccccc2N2CCc3ccccc32)C1. The number of amides is 2. The molecular formula is C21H25N3O3S. The van der Waals surface area contributed by atoms with Gasteiger partial charge in [-0.3, -0.25) is 0 Å². The van der Waals surface area contributed by atoms with Crippen molar-refractivity contribution >= 4 is 32.9 Å². The first kappa shape index (κ1) is 18.8. The Morgan fingerprint density at radius 3 is 2.57 bits per heavy atom. The van der Waals surface area contributed by atoms with Crippen LogP contribution in [0, 0.1) is 5.92 Å². The van der Waals surface area contributed by atoms with Crippen molar-refractivity contribution in [2.45, 2.75) is 12.8 Å². The summed E-state index contributed by atoms with van der Waals surface area (Å²) < 4.78 is 23.0. The number of hydrogen-bond acceptors (Lipinski definition) is 4. The number of fused-ring (bicyclic) bond motifs is 1. The maximum Gasteiger partial charge on any atom is 0.321 e. The van der Waals surface area contributed by atoms with Gasteiger partial charge in [0.2, 0.25) is 0 Å². The summed E-state index contributed by atoms with van der Waals surface area (Å²) >= 11 is 0. The van der Waals surface area contributed by atoms with E-state index in [2.05, 4.69) is 28.4 Å². The van der Waals surface area contributed by atoms with E-state index in [1.54, 1.807) is 4.90 Å². The summed E-state index contributed by atoms with van der Waals surface area (Å²) in [5.74, 6) is 0.152. The normalized spacial score (nSPS) is 19.0. The van der Waals surface area contributed by atoms with Gasteiger partial charge >= 0.3 is 6.03 Å². The molecule has 7 heteroatoms. The van der Waals surface area contributed by atoms with E-state index in [1.807, 2.05) is 30.3 Å². The number of carbonyl (C=O) groups is 1. The molecule has 4 rings (SSSR count). The number of nitrogens with one attached hydrogen (secondary N) is 1. The molecule has 2 aromatic carbocycles. The number of rotatable bonds is 4. The van der Waals surface area contributed by atoms with Crippen LogP contribution in [0.5, 0.6) is 0 Å². The fourth-order valence-electron chi connectivity index (χ4n) is 4.18. The average Bonchev–Trinajstić information content (AvgIpc) is 3.28. The van der Waals surface area contributed by atoms with Gasteiger partial charge in [0.1, 0.15) is 9.84 Å². The minimum absolute atomic E-state index is 0.0152. The number of para-hydroxylation sites is 3. The van der Waals surface area contributed by atoms with Crippen LogP contribution in [0.4, 0.5) is 21.9 Å². The molecule has 2 aliphatic rings. The van der Waals surface area contributed by atoms with Crippen molar-refractivity contribution < 1.29 is 13.2 Å². The smallest absolute Gasteiger partial charge is 0.321 e. The van der Waals surface area contributed by atoms with E-state index < -0.39 is 9.84 Å². The molecule has 6 nitrogen and oxygen atoms in total. The lowest BCUT2D eigenvalue weighted by molar-refractivity contribution is 0.221. The second-order valence-electron chi connectivity index (χ2n) is 7.67. The van der Waals surface area contributed by atoms with Crippen LogP contribution in [0.1, 0.15) is 12.0 Å². The van der Waals surface area contributed by atoms with Crippen molar-refractivity contribution in [1.82, 2.24) is 4.90 Å². The molecule has 1 saturated heterocycles. The minimum Gasteiger partial charge on any atom is -0.339 e. The van der Waals surface area contributed by atoms with Gasteiger partial charge in [-0.05, 0) is 42.5 Å². The predicted octanol–water partition coefficient (Wildman–Crippen LogP) is 3.28. The summed E-state index contributed by atoms with van der Waals surface area (Å²) in [6.07, 6.45) is 2.96. The number of carbonyl (C=O) groups excluding carboxylic acids is 1. The first-order valence-electron chi connectivity index (χ1n) is 9.59. The zero-order valence-electron chi connectivity index (χ0n) is 16.0. The summed E-state index contributed by atoms with van der Waals surface area (Å²) in [7, 11) is -3.03. The van der Waals surface area contributed by atoms with Crippen LogP contribution in [-0.2, 0) is 16.3 Å². The van der Waals surface area contributed by atoms with Crippen LogP contribution in [0.3, 0.4) is 0 Å². The summed E-state index contributed by atoms with van der Waals surface area (Å²) in [5, 5.41) is 3.04. The number of urea groups is 1. The van der Waals surface area contributed by atoms with E-state index in [0.29, 0.717) is 13.1 Å². The van der Waals surface area contributed by atoms with Crippen LogP contribution in [0.25, 0.3) is 0 Å². The largest absolute Gasteiger partial charge is 0.339 e. The van der Waals surface area contributed by atoms with E-state index in [4.69, 9.17) is 0 Å². The van der Waals surface area contributed by atoms with Gasteiger partial charge in [-0.1, -0.05) is 30.3 Å². The molecule has 2 aliphatic heterocycles. The Balaban J connectivity index is 1.49. The molecule has 148 valence electrons. The van der Waals surface area contributed by atoms with Crippen LogP contribution < -0.4 is 10.2 Å². The third-order valence-corrected chi connectivity index (χ3v) is 6.51. The molecule has 2 aromatic rings. The number of sulfone groups is 1. The highest BCUT2D eigenvalue weighted by Gasteiger charge is 2.29. The number of likely N-dealkylation sites (tertiary alicyclic amines) is 1. The maximum absolute atomic E-state index is 12.8. The average molecular weight is 400 g/mol. The van der Waals surface area contributed by atoms with Crippen molar-refractivity contribution in [3.63, 3.8) is 0 Å². The topological polar surface area (TPSA) is 69.7 Å². The molecule has 0 radical (unpaired) electrons. The van der Waals surface area contributed by atoms with Gasteiger partial charge in [-0.15, -0.1) is 0 Å². The summed E-state index contributed by atoms with van der Waals surface area (Å²) in [6.45, 7) is 1.95. The van der Waals surface area contributed by atoms with Gasteiger partial charge in [0.05, 0.1) is 17.1 Å². The fourth-order valence-corrected chi connectivity index (χ4v) is 5.31. The van der Waals surface area contributed by atoms with E-state index in [1.165, 1.54) is 17.5 Å². The van der Waals surface area contributed by atoms with Crippen molar-refractivity contribution in [2.24, 2.45) is 5.92 Å². The molecule has 0 bridgehead atoms. The third-order valence-electron chi connectivity index (χ3n) is 5.44. The first-order chi connectivity index (χ1) is 13.4. The monoisotopic (exact) mass is 399 g/mol. The number of hydrogen-bond donors (Lipinski definition) is 1. The second kappa shape index (κ2) is 7.47. The molecule has 2 heterocycles. The molecule has 0 spiro atoms. The first-order valence-corrected chi connectivity index (χ1v) is 11.6. The highest BCUT2D eigenvalue weighted by molar-refractivity contribution is 7.90. The van der Waals surface area contributed by atoms with Crippen molar-refractivity contribution in [3.05, 3.63) is 54.1 Å². The van der Waals surface area contributed by atoms with Gasteiger partial charge in [0.15, 0.2) is 0 Å². The predicted molar refractivity (Wildman–Crippen MR) is 112 cm³/mol. The third kappa shape index (κ3) is 3.99. The number of anilines is 3. The van der Waals surface area contributed by atoms with Gasteiger partial charge in [-0.2, -0.15) is 0 Å². The second-order valence-corrected chi connectivity index (χ2v) is 9.86. The summed E-state index contributed by atoms with van der Waals surface area (Å²) in [4.78, 5) is 16.7. The summed E-state index contributed by atoms with van der Waals surface area (Å²) in [6, 6.07) is 16.0. The molecule has 1 unspecified atom stereocenters. The van der Waals surface area contributed by atoms with Gasteiger partial charge in [-0.25, -0.2) is 13.2 Å². The minimum atomic E-state index is -3.03. The van der Waals surface area contributed by atoms with E-state index >= 15 is 0 Å². The van der Waals surface area contributed by atoms with Crippen molar-refractivity contribution in [1.29, 1.82) is 0 Å². The van der Waals surface area contributed by atoms with E-state index in [0.717, 1.165) is 30.8 Å². The zero-order chi connectivity index (χ0) is 19.7. The van der Waals surface area contributed by atoms with Crippen LogP contribution in [0.2, 0.25) is 0 Å². The molecule has 1 fully saturated rings. The van der Waals surface area contributed by atoms with Crippen molar-refractivity contribution in [3.8, 4) is 0 Å². The van der Waals surface area contributed by atoms with Gasteiger partial charge in [0, 0.05) is 31.6 Å². The van der Waals surface area contributed by atoms with Crippen LogP contribution in [0.15, 0.2) is 48.5 Å². The summed E-state index contributed by atoms with van der Waals surface area (Å²) in [5.41, 5.74) is 4.24. The highest BCUT2D eigenvalue weighted by Crippen LogP contribution is 2.38. The molecular weight excluding hydrogens is 374 g/mol. The Hall–Kier alpha value is -2.54.